The standard InChI is InChI=1S/C12H17N3/c1-14(2)8-9-15-7-6-10-11(13)4-3-5-12(10)15/h3-7H,8-9,13H2,1-2H3. The number of nitrogens with zero attached hydrogens (tertiary/aromatic N) is 2. The third kappa shape index (κ3) is 1.97. The quantitative estimate of drug-likeness (QED) is 0.772. The SMILES string of the molecule is CN(C)CCn1ccc2c(N)cccc21. The highest BCUT2D eigenvalue weighted by Crippen LogP contribution is 2.21. The van der Waals surface area contributed by atoms with Crippen LogP contribution in [0, 0.1) is 0 Å². The van der Waals surface area contributed by atoms with Crippen LogP contribution < -0.4 is 5.73 Å². The lowest BCUT2D eigenvalue weighted by molar-refractivity contribution is 0.387. The van der Waals surface area contributed by atoms with E-state index in [4.69, 9.17) is 5.73 Å². The summed E-state index contributed by atoms with van der Waals surface area (Å²) < 4.78 is 2.24. The second-order valence-electron chi connectivity index (χ2n) is 4.09. The van der Waals surface area contributed by atoms with E-state index >= 15 is 0 Å². The van der Waals surface area contributed by atoms with Gasteiger partial charge in [0, 0.05) is 30.4 Å². The maximum atomic E-state index is 5.90. The highest BCUT2D eigenvalue weighted by molar-refractivity contribution is 5.91. The number of nitrogens with two attached hydrogens (primary N) is 1. The minimum absolute atomic E-state index is 0.858. The normalized spacial score (nSPS) is 11.4. The topological polar surface area (TPSA) is 34.2 Å². The number of nitrogen functional groups attached to an aromatic ring is 1. The van der Waals surface area contributed by atoms with Gasteiger partial charge in [-0.15, -0.1) is 0 Å². The summed E-state index contributed by atoms with van der Waals surface area (Å²) in [7, 11) is 4.17. The molecular formula is C12H17N3. The summed E-state index contributed by atoms with van der Waals surface area (Å²) in [4.78, 5) is 2.18. The highest BCUT2D eigenvalue weighted by Gasteiger charge is 2.02. The maximum Gasteiger partial charge on any atom is 0.0501 e. The Kier molecular flexibility index (Phi) is 2.64. The van der Waals surface area contributed by atoms with Crippen LogP contribution in [-0.4, -0.2) is 30.1 Å². The summed E-state index contributed by atoms with van der Waals surface area (Å²) in [6.45, 7) is 2.04. The van der Waals surface area contributed by atoms with E-state index in [1.54, 1.807) is 0 Å². The first-order valence-corrected chi connectivity index (χ1v) is 5.16. The molecule has 1 heterocycles. The second-order valence-corrected chi connectivity index (χ2v) is 4.09. The van der Waals surface area contributed by atoms with E-state index in [0.29, 0.717) is 0 Å². The van der Waals surface area contributed by atoms with Gasteiger partial charge in [0.15, 0.2) is 0 Å². The zero-order valence-electron chi connectivity index (χ0n) is 9.27. The fourth-order valence-corrected chi connectivity index (χ4v) is 1.75. The smallest absolute Gasteiger partial charge is 0.0501 e. The number of aromatic nitrogens is 1. The minimum atomic E-state index is 0.858. The molecule has 0 saturated heterocycles. The fraction of sp³-hybridized carbons (Fsp3) is 0.333. The highest BCUT2D eigenvalue weighted by atomic mass is 15.1. The summed E-state index contributed by atoms with van der Waals surface area (Å²) in [6.07, 6.45) is 2.10. The van der Waals surface area contributed by atoms with Gasteiger partial charge < -0.3 is 15.2 Å². The molecule has 0 aliphatic carbocycles. The van der Waals surface area contributed by atoms with E-state index in [1.165, 1.54) is 5.52 Å². The van der Waals surface area contributed by atoms with E-state index < -0.39 is 0 Å². The number of hydrogen-bond acceptors (Lipinski definition) is 2. The number of hydrogen-bond donors (Lipinski definition) is 1. The Labute approximate surface area is 90.1 Å². The van der Waals surface area contributed by atoms with Gasteiger partial charge in [-0.3, -0.25) is 0 Å². The number of rotatable bonds is 3. The lowest BCUT2D eigenvalue weighted by atomic mass is 10.2. The average Bonchev–Trinajstić information content (AvgIpc) is 2.59. The average molecular weight is 203 g/mol. The minimum Gasteiger partial charge on any atom is -0.398 e. The molecule has 0 bridgehead atoms. The summed E-state index contributed by atoms with van der Waals surface area (Å²) in [5.41, 5.74) is 7.98. The van der Waals surface area contributed by atoms with Crippen molar-refractivity contribution >= 4 is 16.6 Å². The fourth-order valence-electron chi connectivity index (χ4n) is 1.75. The Hall–Kier alpha value is -1.48. The van der Waals surface area contributed by atoms with Crippen LogP contribution in [0.3, 0.4) is 0 Å². The number of anilines is 1. The molecule has 2 aromatic rings. The molecule has 0 aliphatic rings. The number of fused-ring (bicyclic) bond motifs is 1. The molecule has 0 radical (unpaired) electrons. The Bertz CT molecular complexity index is 457. The van der Waals surface area contributed by atoms with Crippen molar-refractivity contribution < 1.29 is 0 Å². The van der Waals surface area contributed by atoms with Crippen LogP contribution in [0.15, 0.2) is 30.5 Å². The van der Waals surface area contributed by atoms with Gasteiger partial charge in [-0.1, -0.05) is 6.07 Å². The molecule has 3 heteroatoms. The van der Waals surface area contributed by atoms with Gasteiger partial charge in [0.2, 0.25) is 0 Å². The lowest BCUT2D eigenvalue weighted by Crippen LogP contribution is -2.17. The first kappa shape index (κ1) is 10.1. The summed E-state index contributed by atoms with van der Waals surface area (Å²) in [6, 6.07) is 8.14. The van der Waals surface area contributed by atoms with Crippen molar-refractivity contribution in [2.45, 2.75) is 6.54 Å². The van der Waals surface area contributed by atoms with Crippen LogP contribution in [0.5, 0.6) is 0 Å². The zero-order chi connectivity index (χ0) is 10.8. The first-order valence-electron chi connectivity index (χ1n) is 5.16. The van der Waals surface area contributed by atoms with Crippen LogP contribution in [-0.2, 0) is 6.54 Å². The van der Waals surface area contributed by atoms with Gasteiger partial charge in [0.05, 0.1) is 5.52 Å². The zero-order valence-corrected chi connectivity index (χ0v) is 9.27. The molecule has 1 aromatic carbocycles. The summed E-state index contributed by atoms with van der Waals surface area (Å²) in [5, 5.41) is 1.15. The molecule has 15 heavy (non-hydrogen) atoms. The second kappa shape index (κ2) is 3.95. The van der Waals surface area contributed by atoms with Gasteiger partial charge in [0.1, 0.15) is 0 Å². The van der Waals surface area contributed by atoms with Gasteiger partial charge in [-0.25, -0.2) is 0 Å². The third-order valence-corrected chi connectivity index (χ3v) is 2.64. The van der Waals surface area contributed by atoms with E-state index in [2.05, 4.69) is 41.9 Å². The van der Waals surface area contributed by atoms with Crippen LogP contribution in [0.1, 0.15) is 0 Å². The van der Waals surface area contributed by atoms with E-state index in [-0.39, 0.29) is 0 Å². The van der Waals surface area contributed by atoms with Gasteiger partial charge >= 0.3 is 0 Å². The van der Waals surface area contributed by atoms with Crippen molar-refractivity contribution in [2.24, 2.45) is 0 Å². The molecule has 2 rings (SSSR count). The van der Waals surface area contributed by atoms with Crippen molar-refractivity contribution in [3.63, 3.8) is 0 Å². The van der Waals surface area contributed by atoms with Crippen molar-refractivity contribution in [3.8, 4) is 0 Å². The Balaban J connectivity index is 2.33. The molecule has 3 nitrogen and oxygen atoms in total. The molecule has 0 unspecified atom stereocenters. The molecule has 0 atom stereocenters. The number of benzene rings is 1. The molecule has 0 amide bonds. The Morgan fingerprint density at radius 2 is 2.07 bits per heavy atom. The van der Waals surface area contributed by atoms with Crippen LogP contribution in [0.2, 0.25) is 0 Å². The van der Waals surface area contributed by atoms with Gasteiger partial charge in [-0.2, -0.15) is 0 Å². The lowest BCUT2D eigenvalue weighted by Gasteiger charge is -2.11. The largest absolute Gasteiger partial charge is 0.398 e. The maximum absolute atomic E-state index is 5.90. The van der Waals surface area contributed by atoms with Crippen molar-refractivity contribution in [2.75, 3.05) is 26.4 Å². The van der Waals surface area contributed by atoms with E-state index in [0.717, 1.165) is 24.2 Å². The van der Waals surface area contributed by atoms with E-state index in [1.807, 2.05) is 12.1 Å². The first-order chi connectivity index (χ1) is 7.18. The molecule has 80 valence electrons. The van der Waals surface area contributed by atoms with Crippen molar-refractivity contribution in [1.82, 2.24) is 9.47 Å². The molecule has 1 aromatic heterocycles. The molecule has 0 fully saturated rings. The predicted octanol–water partition coefficient (Wildman–Crippen LogP) is 1.79. The van der Waals surface area contributed by atoms with Crippen molar-refractivity contribution in [1.29, 1.82) is 0 Å². The van der Waals surface area contributed by atoms with Crippen molar-refractivity contribution in [3.05, 3.63) is 30.5 Å². The Morgan fingerprint density at radius 3 is 2.80 bits per heavy atom. The summed E-state index contributed by atoms with van der Waals surface area (Å²) in [5.74, 6) is 0. The van der Waals surface area contributed by atoms with Gasteiger partial charge in [0.25, 0.3) is 0 Å². The van der Waals surface area contributed by atoms with Crippen LogP contribution in [0.4, 0.5) is 5.69 Å². The molecular weight excluding hydrogens is 186 g/mol. The van der Waals surface area contributed by atoms with Crippen LogP contribution in [0.25, 0.3) is 10.9 Å². The molecule has 0 saturated carbocycles. The molecule has 0 spiro atoms. The summed E-state index contributed by atoms with van der Waals surface area (Å²) >= 11 is 0. The molecule has 0 aliphatic heterocycles. The monoisotopic (exact) mass is 203 g/mol. The number of likely N-dealkylation sites (N-methyl/N-ethyl adjacent to an activating group) is 1. The predicted molar refractivity (Wildman–Crippen MR) is 64.9 cm³/mol. The third-order valence-electron chi connectivity index (χ3n) is 2.64. The van der Waals surface area contributed by atoms with Gasteiger partial charge in [-0.05, 0) is 32.3 Å². The Morgan fingerprint density at radius 1 is 1.27 bits per heavy atom. The van der Waals surface area contributed by atoms with Crippen LogP contribution >= 0.6 is 0 Å². The van der Waals surface area contributed by atoms with E-state index in [9.17, 15) is 0 Å². The molecule has 2 N–H and O–H groups in total.